The lowest BCUT2D eigenvalue weighted by atomic mass is 10.3. The van der Waals surface area contributed by atoms with E-state index in [1.165, 1.54) is 6.20 Å². The summed E-state index contributed by atoms with van der Waals surface area (Å²) in [6, 6.07) is 3.29. The van der Waals surface area contributed by atoms with Crippen LogP contribution in [0.25, 0.3) is 0 Å². The number of carbonyl (C=O) groups excluding carboxylic acids is 1. The van der Waals surface area contributed by atoms with Crippen LogP contribution in [0.4, 0.5) is 0 Å². The van der Waals surface area contributed by atoms with Crippen molar-refractivity contribution in [1.82, 2.24) is 4.98 Å². The second-order valence-corrected chi connectivity index (χ2v) is 1.61. The number of nitrogens with zero attached hydrogens (tertiary/aromatic N) is 1. The maximum atomic E-state index is 10.4. The van der Waals surface area contributed by atoms with Crippen molar-refractivity contribution in [3.05, 3.63) is 30.1 Å². The van der Waals surface area contributed by atoms with Crippen LogP contribution in [-0.4, -0.2) is 10.9 Å². The second kappa shape index (κ2) is 5.95. The number of primary amides is 1. The van der Waals surface area contributed by atoms with Gasteiger partial charge in [-0.3, -0.25) is 9.78 Å². The quantitative estimate of drug-likeness (QED) is 0.731. The lowest BCUT2D eigenvalue weighted by Gasteiger charge is -1.88. The summed E-state index contributed by atoms with van der Waals surface area (Å²) in [5, 5.41) is 0. The number of pyridine rings is 1. The third-order valence-corrected chi connectivity index (χ3v) is 0.946. The summed E-state index contributed by atoms with van der Waals surface area (Å²) in [4.78, 5) is 14.1. The Balaban J connectivity index is -0.000000270. The molecule has 1 heterocycles. The predicted molar refractivity (Wildman–Crippen MR) is 48.4 cm³/mol. The van der Waals surface area contributed by atoms with Crippen LogP contribution < -0.4 is 5.73 Å². The fourth-order valence-electron chi connectivity index (χ4n) is 0.509. The summed E-state index contributed by atoms with van der Waals surface area (Å²) in [6.45, 7) is 0. The molecule has 0 aliphatic carbocycles. The first-order valence-corrected chi connectivity index (χ1v) is 2.50. The van der Waals surface area contributed by atoms with E-state index in [4.69, 9.17) is 5.73 Å². The second-order valence-electron chi connectivity index (χ2n) is 1.61. The van der Waals surface area contributed by atoms with E-state index >= 15 is 0 Å². The van der Waals surface area contributed by atoms with Gasteiger partial charge in [-0.05, 0) is 12.1 Å². The molecule has 0 aliphatic heterocycles. The van der Waals surface area contributed by atoms with Crippen LogP contribution >= 0.6 is 24.8 Å². The largest absolute Gasteiger partial charge is 1.00 e. The van der Waals surface area contributed by atoms with Gasteiger partial charge in [-0.25, -0.2) is 0 Å². The molecule has 1 aromatic heterocycles. The van der Waals surface area contributed by atoms with Gasteiger partial charge in [0.05, 0.1) is 5.56 Å². The fraction of sp³-hybridized carbons (Fsp3) is 0. The van der Waals surface area contributed by atoms with Crippen molar-refractivity contribution in [2.45, 2.75) is 0 Å². The molecule has 0 radical (unpaired) electrons. The zero-order chi connectivity index (χ0) is 6.69. The van der Waals surface area contributed by atoms with Crippen LogP contribution in [0, 0.1) is 0 Å². The van der Waals surface area contributed by atoms with Crippen LogP contribution in [0.3, 0.4) is 0 Å². The van der Waals surface area contributed by atoms with Gasteiger partial charge in [-0.15, -0.1) is 24.8 Å². The number of halogens is 2. The zero-order valence-electron chi connectivity index (χ0n) is 6.56. The van der Waals surface area contributed by atoms with Gasteiger partial charge in [0.25, 0.3) is 0 Å². The minimum absolute atomic E-state index is 0. The standard InChI is InChI=1S/C6H6N2O.2ClH/c7-6(9)5-2-1-3-8-4-5;;/h1-4H,(H2,7,9);2*1H/p+1. The normalized spacial score (nSPS) is 7.27. The van der Waals surface area contributed by atoms with Crippen molar-refractivity contribution in [3.8, 4) is 0 Å². The van der Waals surface area contributed by atoms with Gasteiger partial charge in [0.15, 0.2) is 0 Å². The van der Waals surface area contributed by atoms with Crippen LogP contribution in [0.1, 0.15) is 11.8 Å². The Bertz CT molecular complexity index is 220. The molecule has 1 rings (SSSR count). The summed E-state index contributed by atoms with van der Waals surface area (Å²) in [5.74, 6) is -0.442. The molecule has 0 saturated heterocycles. The Morgan fingerprint density at radius 2 is 2.18 bits per heavy atom. The zero-order valence-corrected chi connectivity index (χ0v) is 7.19. The van der Waals surface area contributed by atoms with Gasteiger partial charge in [-0.2, -0.15) is 0 Å². The van der Waals surface area contributed by atoms with Crippen molar-refractivity contribution in [2.75, 3.05) is 0 Å². The average Bonchev–Trinajstić information content (AvgIpc) is 1.90. The van der Waals surface area contributed by atoms with Crippen LogP contribution in [0.5, 0.6) is 0 Å². The van der Waals surface area contributed by atoms with Gasteiger partial charge < -0.3 is 5.73 Å². The van der Waals surface area contributed by atoms with Crippen LogP contribution in [0.15, 0.2) is 24.5 Å². The monoisotopic (exact) mass is 195 g/mol. The molecular weight excluding hydrogens is 187 g/mol. The molecule has 5 heteroatoms. The van der Waals surface area contributed by atoms with Crippen molar-refractivity contribution in [2.24, 2.45) is 5.73 Å². The minimum Gasteiger partial charge on any atom is -0.366 e. The summed E-state index contributed by atoms with van der Waals surface area (Å²) >= 11 is 0. The summed E-state index contributed by atoms with van der Waals surface area (Å²) in [6.07, 6.45) is 3.02. The molecule has 0 atom stereocenters. The van der Waals surface area contributed by atoms with E-state index in [2.05, 4.69) is 4.98 Å². The number of carbonyl (C=O) groups is 1. The highest BCUT2D eigenvalue weighted by molar-refractivity contribution is 5.92. The Labute approximate surface area is 78.3 Å². The molecule has 0 unspecified atom stereocenters. The molecule has 0 fully saturated rings. The molecule has 2 N–H and O–H groups in total. The maximum Gasteiger partial charge on any atom is 1.00 e. The third kappa shape index (κ3) is 3.80. The number of hydrogen-bond donors (Lipinski definition) is 1. The van der Waals surface area contributed by atoms with Gasteiger partial charge in [0, 0.05) is 12.4 Å². The first-order valence-electron chi connectivity index (χ1n) is 2.50. The van der Waals surface area contributed by atoms with E-state index in [-0.39, 0.29) is 26.2 Å². The van der Waals surface area contributed by atoms with Gasteiger partial charge >= 0.3 is 1.43 Å². The van der Waals surface area contributed by atoms with Crippen molar-refractivity contribution in [1.29, 1.82) is 0 Å². The summed E-state index contributed by atoms with van der Waals surface area (Å²) in [7, 11) is 0. The number of nitrogens with two attached hydrogens (primary N) is 1. The van der Waals surface area contributed by atoms with Gasteiger partial charge in [0.1, 0.15) is 0 Å². The Morgan fingerprint density at radius 1 is 1.55 bits per heavy atom. The number of hydrogen-bond acceptors (Lipinski definition) is 2. The summed E-state index contributed by atoms with van der Waals surface area (Å²) < 4.78 is 0. The Morgan fingerprint density at radius 3 is 2.45 bits per heavy atom. The lowest BCUT2D eigenvalue weighted by molar-refractivity contribution is 0.1000. The highest BCUT2D eigenvalue weighted by Gasteiger charge is 1.94. The van der Waals surface area contributed by atoms with Crippen LogP contribution in [-0.2, 0) is 0 Å². The topological polar surface area (TPSA) is 56.0 Å². The Kier molecular flexibility index (Phi) is 6.94. The minimum atomic E-state index is -0.442. The highest BCUT2D eigenvalue weighted by atomic mass is 35.5. The molecule has 3 nitrogen and oxygen atoms in total. The first kappa shape index (κ1) is 12.8. The molecule has 0 saturated carbocycles. The smallest absolute Gasteiger partial charge is 0.366 e. The molecule has 0 aliphatic rings. The van der Waals surface area contributed by atoms with E-state index in [1.54, 1.807) is 18.3 Å². The highest BCUT2D eigenvalue weighted by Crippen LogP contribution is 1.91. The number of amides is 1. The number of rotatable bonds is 1. The molecule has 0 aromatic carbocycles. The lowest BCUT2D eigenvalue weighted by Crippen LogP contribution is -2.10. The van der Waals surface area contributed by atoms with E-state index < -0.39 is 5.91 Å². The van der Waals surface area contributed by atoms with Gasteiger partial charge in [-0.1, -0.05) is 0 Å². The average molecular weight is 196 g/mol. The fourth-order valence-corrected chi connectivity index (χ4v) is 0.509. The van der Waals surface area contributed by atoms with E-state index in [0.29, 0.717) is 5.56 Å². The molecule has 0 bridgehead atoms. The molecule has 1 aromatic rings. The molecule has 62 valence electrons. The number of aromatic nitrogens is 1. The predicted octanol–water partition coefficient (Wildman–Crippen LogP) is 1.14. The molecular formula is C6H9Cl2N2O+. The van der Waals surface area contributed by atoms with Crippen molar-refractivity contribution >= 4 is 30.7 Å². The Hall–Kier alpha value is -0.800. The SMILES string of the molecule is Cl.Cl.NC(=O)c1cccnc1.[H+]. The van der Waals surface area contributed by atoms with E-state index in [0.717, 1.165) is 0 Å². The molecule has 1 amide bonds. The third-order valence-electron chi connectivity index (χ3n) is 0.946. The van der Waals surface area contributed by atoms with E-state index in [1.807, 2.05) is 0 Å². The first-order chi connectivity index (χ1) is 4.30. The van der Waals surface area contributed by atoms with Crippen molar-refractivity contribution < 1.29 is 6.22 Å². The molecule has 11 heavy (non-hydrogen) atoms. The van der Waals surface area contributed by atoms with Crippen LogP contribution in [0.2, 0.25) is 0 Å². The maximum absolute atomic E-state index is 10.4. The molecule has 0 spiro atoms. The summed E-state index contributed by atoms with van der Waals surface area (Å²) in [5.41, 5.74) is 5.38. The van der Waals surface area contributed by atoms with E-state index in [9.17, 15) is 4.79 Å². The van der Waals surface area contributed by atoms with Gasteiger partial charge in [0.2, 0.25) is 5.91 Å². The van der Waals surface area contributed by atoms with Crippen molar-refractivity contribution in [3.63, 3.8) is 0 Å².